The Balaban J connectivity index is 2.57. The molecule has 0 aliphatic rings. The van der Waals surface area contributed by atoms with E-state index in [0.717, 1.165) is 5.69 Å². The third-order valence-electron chi connectivity index (χ3n) is 1.84. The third kappa shape index (κ3) is 3.05. The molecule has 76 valence electrons. The minimum absolute atomic E-state index is 0.554. The van der Waals surface area contributed by atoms with Crippen molar-refractivity contribution in [3.8, 4) is 0 Å². The molecule has 0 bridgehead atoms. The quantitative estimate of drug-likeness (QED) is 0.570. The molecule has 0 saturated carbocycles. The molecule has 0 atom stereocenters. The van der Waals surface area contributed by atoms with Crippen molar-refractivity contribution in [3.63, 3.8) is 0 Å². The Bertz CT molecular complexity index is 294. The van der Waals surface area contributed by atoms with Crippen LogP contribution in [0.25, 0.3) is 0 Å². The molecular formula is C10H16N4. The van der Waals surface area contributed by atoms with Gasteiger partial charge in [0.2, 0.25) is 0 Å². The predicted octanol–water partition coefficient (Wildman–Crippen LogP) is 0.848. The molecule has 0 aliphatic carbocycles. The summed E-state index contributed by atoms with van der Waals surface area (Å²) in [6, 6.07) is 5.83. The first-order valence-electron chi connectivity index (χ1n) is 4.65. The van der Waals surface area contributed by atoms with E-state index in [9.17, 15) is 0 Å². The van der Waals surface area contributed by atoms with Gasteiger partial charge >= 0.3 is 0 Å². The molecule has 4 nitrogen and oxygen atoms in total. The number of hydrogen-bond acceptors (Lipinski definition) is 2. The van der Waals surface area contributed by atoms with Crippen molar-refractivity contribution in [2.45, 2.75) is 13.5 Å². The van der Waals surface area contributed by atoms with Crippen molar-refractivity contribution in [2.75, 3.05) is 13.6 Å². The van der Waals surface area contributed by atoms with Crippen LogP contribution in [0.4, 0.5) is 0 Å². The van der Waals surface area contributed by atoms with Gasteiger partial charge in [-0.2, -0.15) is 0 Å². The van der Waals surface area contributed by atoms with Crippen molar-refractivity contribution in [3.05, 3.63) is 30.1 Å². The molecule has 4 heteroatoms. The summed E-state index contributed by atoms with van der Waals surface area (Å²) in [5.41, 5.74) is 6.71. The van der Waals surface area contributed by atoms with Crippen LogP contribution < -0.4 is 5.73 Å². The number of hydrogen-bond donors (Lipinski definition) is 1. The lowest BCUT2D eigenvalue weighted by Crippen LogP contribution is -2.33. The zero-order valence-corrected chi connectivity index (χ0v) is 8.64. The van der Waals surface area contributed by atoms with Crippen molar-refractivity contribution >= 4 is 5.96 Å². The SMILES string of the molecule is CCN=C(N)N(C)Cc1ccccn1. The van der Waals surface area contributed by atoms with E-state index in [1.807, 2.05) is 37.1 Å². The van der Waals surface area contributed by atoms with Crippen molar-refractivity contribution < 1.29 is 0 Å². The molecule has 1 heterocycles. The normalized spacial score (nSPS) is 11.4. The van der Waals surface area contributed by atoms with E-state index in [2.05, 4.69) is 9.98 Å². The molecule has 0 amide bonds. The number of rotatable bonds is 3. The lowest BCUT2D eigenvalue weighted by Gasteiger charge is -2.17. The lowest BCUT2D eigenvalue weighted by atomic mass is 10.3. The minimum Gasteiger partial charge on any atom is -0.370 e. The van der Waals surface area contributed by atoms with Gasteiger partial charge in [-0.1, -0.05) is 6.07 Å². The number of guanidine groups is 1. The molecule has 0 radical (unpaired) electrons. The van der Waals surface area contributed by atoms with Crippen LogP contribution in [0.1, 0.15) is 12.6 Å². The van der Waals surface area contributed by atoms with E-state index in [4.69, 9.17) is 5.73 Å². The van der Waals surface area contributed by atoms with Gasteiger partial charge < -0.3 is 10.6 Å². The van der Waals surface area contributed by atoms with Gasteiger partial charge in [0, 0.05) is 19.8 Å². The van der Waals surface area contributed by atoms with Crippen LogP contribution in [0.2, 0.25) is 0 Å². The topological polar surface area (TPSA) is 54.5 Å². The maximum absolute atomic E-state index is 5.72. The van der Waals surface area contributed by atoms with Gasteiger partial charge in [-0.3, -0.25) is 9.98 Å². The molecule has 0 spiro atoms. The Morgan fingerprint density at radius 3 is 2.93 bits per heavy atom. The summed E-state index contributed by atoms with van der Waals surface area (Å²) in [5.74, 6) is 0.554. The monoisotopic (exact) mass is 192 g/mol. The van der Waals surface area contributed by atoms with Crippen LogP contribution in [0.5, 0.6) is 0 Å². The highest BCUT2D eigenvalue weighted by atomic mass is 15.2. The first-order chi connectivity index (χ1) is 6.74. The number of aromatic nitrogens is 1. The van der Waals surface area contributed by atoms with Crippen LogP contribution >= 0.6 is 0 Å². The second kappa shape index (κ2) is 5.21. The Hall–Kier alpha value is -1.58. The summed E-state index contributed by atoms with van der Waals surface area (Å²) in [6.45, 7) is 3.36. The third-order valence-corrected chi connectivity index (χ3v) is 1.84. The summed E-state index contributed by atoms with van der Waals surface area (Å²) in [4.78, 5) is 10.2. The molecule has 1 aromatic heterocycles. The highest BCUT2D eigenvalue weighted by Crippen LogP contribution is 1.97. The smallest absolute Gasteiger partial charge is 0.191 e. The van der Waals surface area contributed by atoms with Crippen LogP contribution in [0.15, 0.2) is 29.4 Å². The largest absolute Gasteiger partial charge is 0.370 e. The van der Waals surface area contributed by atoms with E-state index in [0.29, 0.717) is 19.0 Å². The van der Waals surface area contributed by atoms with Crippen LogP contribution in [-0.4, -0.2) is 29.4 Å². The first kappa shape index (κ1) is 10.5. The Morgan fingerprint density at radius 2 is 2.36 bits per heavy atom. The minimum atomic E-state index is 0.554. The van der Waals surface area contributed by atoms with Gasteiger partial charge in [0.25, 0.3) is 0 Å². The maximum atomic E-state index is 5.72. The van der Waals surface area contributed by atoms with Gasteiger partial charge in [0.15, 0.2) is 5.96 Å². The molecule has 0 aliphatic heterocycles. The van der Waals surface area contributed by atoms with E-state index >= 15 is 0 Å². The summed E-state index contributed by atoms with van der Waals surface area (Å²) in [6.07, 6.45) is 1.77. The fourth-order valence-corrected chi connectivity index (χ4v) is 1.10. The highest BCUT2D eigenvalue weighted by molar-refractivity contribution is 5.77. The molecule has 0 saturated heterocycles. The zero-order valence-electron chi connectivity index (χ0n) is 8.64. The average Bonchev–Trinajstić information content (AvgIpc) is 2.19. The molecule has 0 fully saturated rings. The fraction of sp³-hybridized carbons (Fsp3) is 0.400. The second-order valence-corrected chi connectivity index (χ2v) is 3.01. The van der Waals surface area contributed by atoms with E-state index in [-0.39, 0.29) is 0 Å². The number of aliphatic imine (C=N–C) groups is 1. The number of nitrogens with zero attached hydrogens (tertiary/aromatic N) is 3. The molecule has 14 heavy (non-hydrogen) atoms. The van der Waals surface area contributed by atoms with E-state index < -0.39 is 0 Å². The maximum Gasteiger partial charge on any atom is 0.191 e. The Kier molecular flexibility index (Phi) is 3.91. The highest BCUT2D eigenvalue weighted by Gasteiger charge is 2.02. The molecule has 1 rings (SSSR count). The molecule has 2 N–H and O–H groups in total. The summed E-state index contributed by atoms with van der Waals surface area (Å²) < 4.78 is 0. The fourth-order valence-electron chi connectivity index (χ4n) is 1.10. The van der Waals surface area contributed by atoms with Crippen molar-refractivity contribution in [2.24, 2.45) is 10.7 Å². The van der Waals surface area contributed by atoms with Crippen LogP contribution in [0.3, 0.4) is 0 Å². The summed E-state index contributed by atoms with van der Waals surface area (Å²) >= 11 is 0. The van der Waals surface area contributed by atoms with E-state index in [1.165, 1.54) is 0 Å². The Labute approximate surface area is 84.5 Å². The average molecular weight is 192 g/mol. The van der Waals surface area contributed by atoms with E-state index in [1.54, 1.807) is 6.20 Å². The Morgan fingerprint density at radius 1 is 1.57 bits per heavy atom. The lowest BCUT2D eigenvalue weighted by molar-refractivity contribution is 0.485. The van der Waals surface area contributed by atoms with Gasteiger partial charge in [0.05, 0.1) is 12.2 Å². The second-order valence-electron chi connectivity index (χ2n) is 3.01. The summed E-state index contributed by atoms with van der Waals surface area (Å²) in [5, 5.41) is 0. The van der Waals surface area contributed by atoms with Crippen LogP contribution in [0, 0.1) is 0 Å². The van der Waals surface area contributed by atoms with Gasteiger partial charge in [-0.25, -0.2) is 0 Å². The van der Waals surface area contributed by atoms with Gasteiger partial charge in [0.1, 0.15) is 0 Å². The molecular weight excluding hydrogens is 176 g/mol. The predicted molar refractivity (Wildman–Crippen MR) is 57.9 cm³/mol. The standard InChI is InChI=1S/C10H16N4/c1-3-12-10(11)14(2)8-9-6-4-5-7-13-9/h4-7H,3,8H2,1-2H3,(H2,11,12). The first-order valence-corrected chi connectivity index (χ1v) is 4.65. The number of pyridine rings is 1. The van der Waals surface area contributed by atoms with Gasteiger partial charge in [-0.05, 0) is 19.1 Å². The van der Waals surface area contributed by atoms with Crippen molar-refractivity contribution in [1.82, 2.24) is 9.88 Å². The number of nitrogens with two attached hydrogens (primary N) is 1. The molecule has 0 unspecified atom stereocenters. The zero-order chi connectivity index (χ0) is 10.4. The molecule has 0 aromatic carbocycles. The van der Waals surface area contributed by atoms with Crippen LogP contribution in [-0.2, 0) is 6.54 Å². The summed E-state index contributed by atoms with van der Waals surface area (Å²) in [7, 11) is 1.91. The van der Waals surface area contributed by atoms with Gasteiger partial charge in [-0.15, -0.1) is 0 Å². The van der Waals surface area contributed by atoms with Crippen molar-refractivity contribution in [1.29, 1.82) is 0 Å². The molecule has 1 aromatic rings.